The van der Waals surface area contributed by atoms with Crippen LogP contribution in [0.4, 0.5) is 5.82 Å². The number of aromatic amines is 1. The summed E-state index contributed by atoms with van der Waals surface area (Å²) < 4.78 is 12.2. The van der Waals surface area contributed by atoms with Gasteiger partial charge in [0, 0.05) is 19.3 Å². The van der Waals surface area contributed by atoms with E-state index >= 15 is 0 Å². The van der Waals surface area contributed by atoms with Crippen LogP contribution in [0.2, 0.25) is 0 Å². The number of nitrogen functional groups attached to an aromatic ring is 1. The normalized spacial score (nSPS) is 11.2. The zero-order chi connectivity index (χ0) is 25.2. The molecule has 0 radical (unpaired) electrons. The average molecular weight is 463 g/mol. The number of aryl methyl sites for hydroxylation is 1. The van der Waals surface area contributed by atoms with Crippen LogP contribution in [0.1, 0.15) is 70.2 Å². The number of nitrogens with one attached hydrogen (secondary N) is 1. The van der Waals surface area contributed by atoms with Gasteiger partial charge in [-0.3, -0.25) is 18.7 Å². The van der Waals surface area contributed by atoms with Crippen molar-refractivity contribution in [3.05, 3.63) is 48.9 Å². The number of ether oxygens (including phenoxy) is 2. The maximum atomic E-state index is 12.7. The lowest BCUT2D eigenvalue weighted by Crippen LogP contribution is -2.43. The zero-order valence-corrected chi connectivity index (χ0v) is 19.9. The topological polar surface area (TPSA) is 155 Å². The molecule has 0 atom stereocenters. The lowest BCUT2D eigenvalue weighted by molar-refractivity contribution is 0.0376. The Morgan fingerprint density at radius 3 is 2.18 bits per heavy atom. The molecule has 0 aliphatic rings. The van der Waals surface area contributed by atoms with Gasteiger partial charge in [-0.2, -0.15) is 0 Å². The molecule has 0 spiro atoms. The van der Waals surface area contributed by atoms with E-state index in [4.69, 9.17) is 15.2 Å². The molecular formula is C22H30N4O7. The number of H-pyrrole nitrogens is 1. The third kappa shape index (κ3) is 5.24. The molecule has 3 N–H and O–H groups in total. The summed E-state index contributed by atoms with van der Waals surface area (Å²) in [6, 6.07) is 0. The van der Waals surface area contributed by atoms with Crippen molar-refractivity contribution < 1.29 is 23.9 Å². The summed E-state index contributed by atoms with van der Waals surface area (Å²) in [6.07, 6.45) is -0.341. The Morgan fingerprint density at radius 2 is 1.64 bits per heavy atom. The Balaban J connectivity index is 2.30. The van der Waals surface area contributed by atoms with Gasteiger partial charge in [-0.1, -0.05) is 13.8 Å². The fraction of sp³-hybridized carbons (Fsp3) is 0.500. The van der Waals surface area contributed by atoms with Crippen LogP contribution in [0.15, 0.2) is 9.59 Å². The molecule has 0 bridgehead atoms. The second kappa shape index (κ2) is 9.88. The molecule has 2 aromatic rings. The van der Waals surface area contributed by atoms with Crippen molar-refractivity contribution in [3.63, 3.8) is 0 Å². The van der Waals surface area contributed by atoms with Crippen molar-refractivity contribution in [2.45, 2.75) is 54.2 Å². The summed E-state index contributed by atoms with van der Waals surface area (Å²) in [6.45, 7) is 9.70. The molecule has 0 saturated carbocycles. The van der Waals surface area contributed by atoms with Gasteiger partial charge in [0.1, 0.15) is 17.1 Å². The molecule has 0 amide bonds. The van der Waals surface area contributed by atoms with Crippen LogP contribution < -0.4 is 17.0 Å². The number of anilines is 1. The second-order valence-corrected chi connectivity index (χ2v) is 8.49. The standard InChI is InChI=1S/C22H30N4O7/c1-10(2)8-26-18(23)16(19(28)25(7)22(26)31)14(27)9-32-21(30)17-12(5)15(13(6)24-17)20(29)33-11(3)4/h10-11,24H,8-9,23H2,1-7H3. The van der Waals surface area contributed by atoms with Crippen molar-refractivity contribution in [1.82, 2.24) is 14.1 Å². The number of carbonyl (C=O) groups excluding carboxylic acids is 3. The van der Waals surface area contributed by atoms with Gasteiger partial charge < -0.3 is 20.2 Å². The summed E-state index contributed by atoms with van der Waals surface area (Å²) in [5.41, 5.74) is 4.96. The molecule has 11 nitrogen and oxygen atoms in total. The number of Topliss-reactive ketones (excluding diaryl/α,β-unsaturated/α-hetero) is 1. The summed E-state index contributed by atoms with van der Waals surface area (Å²) in [5.74, 6) is -2.57. The van der Waals surface area contributed by atoms with E-state index in [-0.39, 0.29) is 35.6 Å². The summed E-state index contributed by atoms with van der Waals surface area (Å²) in [4.78, 5) is 65.3. The Bertz CT molecular complexity index is 1210. The minimum absolute atomic E-state index is 0.0124. The molecule has 0 fully saturated rings. The van der Waals surface area contributed by atoms with Gasteiger partial charge in [0.2, 0.25) is 5.78 Å². The lowest BCUT2D eigenvalue weighted by atomic mass is 10.1. The Labute approximate surface area is 190 Å². The molecule has 0 unspecified atom stereocenters. The van der Waals surface area contributed by atoms with Gasteiger partial charge in [-0.05, 0) is 39.2 Å². The average Bonchev–Trinajstić information content (AvgIpc) is 3.01. The van der Waals surface area contributed by atoms with E-state index < -0.39 is 41.1 Å². The molecule has 11 heteroatoms. The van der Waals surface area contributed by atoms with Gasteiger partial charge in [-0.25, -0.2) is 14.4 Å². The molecule has 2 heterocycles. The largest absolute Gasteiger partial charge is 0.459 e. The first-order valence-corrected chi connectivity index (χ1v) is 10.5. The SMILES string of the molecule is Cc1[nH]c(C(=O)OCC(=O)c2c(N)n(CC(C)C)c(=O)n(C)c2=O)c(C)c1C(=O)OC(C)C. The van der Waals surface area contributed by atoms with Gasteiger partial charge in [-0.15, -0.1) is 0 Å². The van der Waals surface area contributed by atoms with Crippen molar-refractivity contribution in [2.24, 2.45) is 13.0 Å². The first-order valence-electron chi connectivity index (χ1n) is 10.5. The third-order valence-corrected chi connectivity index (χ3v) is 4.93. The molecular weight excluding hydrogens is 432 g/mol. The number of ketones is 1. The summed E-state index contributed by atoms with van der Waals surface area (Å²) >= 11 is 0. The molecule has 0 aromatic carbocycles. The number of nitrogens with zero attached hydrogens (tertiary/aromatic N) is 2. The van der Waals surface area contributed by atoms with E-state index in [0.717, 1.165) is 9.13 Å². The van der Waals surface area contributed by atoms with Crippen LogP contribution in [-0.2, 0) is 23.1 Å². The van der Waals surface area contributed by atoms with E-state index in [0.29, 0.717) is 11.3 Å². The van der Waals surface area contributed by atoms with Gasteiger partial charge >= 0.3 is 17.6 Å². The predicted molar refractivity (Wildman–Crippen MR) is 121 cm³/mol. The van der Waals surface area contributed by atoms with Crippen molar-refractivity contribution in [2.75, 3.05) is 12.3 Å². The Morgan fingerprint density at radius 1 is 1.03 bits per heavy atom. The fourth-order valence-electron chi connectivity index (χ4n) is 3.40. The van der Waals surface area contributed by atoms with Gasteiger partial charge in [0.25, 0.3) is 5.56 Å². The highest BCUT2D eigenvalue weighted by molar-refractivity contribution is 6.03. The molecule has 0 aliphatic heterocycles. The molecule has 0 aliphatic carbocycles. The van der Waals surface area contributed by atoms with Gasteiger partial charge in [0.05, 0.1) is 11.7 Å². The highest BCUT2D eigenvalue weighted by atomic mass is 16.5. The van der Waals surface area contributed by atoms with Crippen LogP contribution in [0, 0.1) is 19.8 Å². The van der Waals surface area contributed by atoms with Gasteiger partial charge in [0.15, 0.2) is 6.61 Å². The number of esters is 2. The minimum atomic E-state index is -0.890. The Kier molecular flexibility index (Phi) is 7.68. The summed E-state index contributed by atoms with van der Waals surface area (Å²) in [7, 11) is 1.24. The van der Waals surface area contributed by atoms with Crippen molar-refractivity contribution in [1.29, 1.82) is 0 Å². The first kappa shape index (κ1) is 25.6. The zero-order valence-electron chi connectivity index (χ0n) is 19.9. The molecule has 33 heavy (non-hydrogen) atoms. The molecule has 0 saturated heterocycles. The monoisotopic (exact) mass is 462 g/mol. The van der Waals surface area contributed by atoms with Crippen molar-refractivity contribution >= 4 is 23.5 Å². The number of rotatable bonds is 8. The smallest absolute Gasteiger partial charge is 0.355 e. The van der Waals surface area contributed by atoms with Crippen LogP contribution in [0.3, 0.4) is 0 Å². The Hall–Kier alpha value is -3.63. The fourth-order valence-corrected chi connectivity index (χ4v) is 3.40. The highest BCUT2D eigenvalue weighted by Crippen LogP contribution is 2.20. The van der Waals surface area contributed by atoms with E-state index in [1.807, 2.05) is 13.8 Å². The van der Waals surface area contributed by atoms with Crippen molar-refractivity contribution in [3.8, 4) is 0 Å². The molecule has 2 rings (SSSR count). The third-order valence-electron chi connectivity index (χ3n) is 4.93. The summed E-state index contributed by atoms with van der Waals surface area (Å²) in [5, 5.41) is 0. The maximum Gasteiger partial charge on any atom is 0.355 e. The lowest BCUT2D eigenvalue weighted by Gasteiger charge is -2.16. The molecule has 180 valence electrons. The van der Waals surface area contributed by atoms with Crippen LogP contribution >= 0.6 is 0 Å². The van der Waals surface area contributed by atoms with E-state index in [1.54, 1.807) is 27.7 Å². The minimum Gasteiger partial charge on any atom is -0.459 e. The number of aromatic nitrogens is 3. The quantitative estimate of drug-likeness (QED) is 0.440. The molecule has 2 aromatic heterocycles. The maximum absolute atomic E-state index is 12.7. The van der Waals surface area contributed by atoms with E-state index in [2.05, 4.69) is 4.98 Å². The number of nitrogens with two attached hydrogens (primary N) is 1. The van der Waals surface area contributed by atoms with Crippen LogP contribution in [0.25, 0.3) is 0 Å². The van der Waals surface area contributed by atoms with Crippen LogP contribution in [-0.4, -0.2) is 44.6 Å². The predicted octanol–water partition coefficient (Wildman–Crippen LogP) is 1.34. The number of carbonyl (C=O) groups is 3. The van der Waals surface area contributed by atoms with E-state index in [9.17, 15) is 24.0 Å². The number of hydrogen-bond donors (Lipinski definition) is 2. The number of hydrogen-bond acceptors (Lipinski definition) is 8. The first-order chi connectivity index (χ1) is 15.3. The highest BCUT2D eigenvalue weighted by Gasteiger charge is 2.27. The van der Waals surface area contributed by atoms with E-state index in [1.165, 1.54) is 7.05 Å². The van der Waals surface area contributed by atoms with Crippen LogP contribution in [0.5, 0.6) is 0 Å². The second-order valence-electron chi connectivity index (χ2n) is 8.49.